The second-order valence-corrected chi connectivity index (χ2v) is 7.42. The molecule has 25 heavy (non-hydrogen) atoms. The fraction of sp³-hybridized carbons (Fsp3) is 0.684. The Balaban J connectivity index is 1.45. The van der Waals surface area contributed by atoms with Crippen molar-refractivity contribution in [1.29, 1.82) is 0 Å². The first-order valence-corrected chi connectivity index (χ1v) is 9.59. The van der Waals surface area contributed by atoms with E-state index in [0.29, 0.717) is 24.2 Å². The van der Waals surface area contributed by atoms with E-state index in [1.54, 1.807) is 12.3 Å². The number of aromatic nitrogens is 1. The third-order valence-corrected chi connectivity index (χ3v) is 5.53. The number of aryl methyl sites for hydroxylation is 1. The zero-order valence-corrected chi connectivity index (χ0v) is 15.1. The molecule has 1 saturated heterocycles. The van der Waals surface area contributed by atoms with E-state index in [2.05, 4.69) is 20.5 Å². The smallest absolute Gasteiger partial charge is 0.315 e. The van der Waals surface area contributed by atoms with Crippen LogP contribution in [0, 0.1) is 6.92 Å². The van der Waals surface area contributed by atoms with Gasteiger partial charge in [-0.25, -0.2) is 4.79 Å². The number of hydrogen-bond acceptors (Lipinski definition) is 3. The van der Waals surface area contributed by atoms with Crippen molar-refractivity contribution < 1.29 is 4.79 Å². The van der Waals surface area contributed by atoms with Crippen LogP contribution in [0.15, 0.2) is 17.1 Å². The van der Waals surface area contributed by atoms with E-state index >= 15 is 0 Å². The quantitative estimate of drug-likeness (QED) is 0.765. The highest BCUT2D eigenvalue weighted by Gasteiger charge is 2.31. The summed E-state index contributed by atoms with van der Waals surface area (Å²) in [5, 5.41) is 5.79. The first-order chi connectivity index (χ1) is 12.1. The predicted molar refractivity (Wildman–Crippen MR) is 98.6 cm³/mol. The Morgan fingerprint density at radius 1 is 1.20 bits per heavy atom. The maximum atomic E-state index is 12.1. The highest BCUT2D eigenvalue weighted by Crippen LogP contribution is 2.28. The monoisotopic (exact) mass is 346 g/mol. The molecule has 6 nitrogen and oxygen atoms in total. The SMILES string of the molecule is Cc1c[nH]c(=O)c(CNC(=O)NCC2CCCN2C2CCCCC2)c1. The molecule has 3 N–H and O–H groups in total. The van der Waals surface area contributed by atoms with Gasteiger partial charge in [-0.15, -0.1) is 0 Å². The average molecular weight is 346 g/mol. The Hall–Kier alpha value is -1.82. The molecule has 6 heteroatoms. The van der Waals surface area contributed by atoms with E-state index in [0.717, 1.165) is 18.5 Å². The molecule has 0 radical (unpaired) electrons. The van der Waals surface area contributed by atoms with Crippen LogP contribution in [0.1, 0.15) is 56.1 Å². The first-order valence-electron chi connectivity index (χ1n) is 9.59. The van der Waals surface area contributed by atoms with Gasteiger partial charge in [-0.05, 0) is 50.8 Å². The Kier molecular flexibility index (Phi) is 6.13. The maximum absolute atomic E-state index is 12.1. The number of likely N-dealkylation sites (tertiary alicyclic amines) is 1. The lowest BCUT2D eigenvalue weighted by Crippen LogP contribution is -2.47. The van der Waals surface area contributed by atoms with Crippen molar-refractivity contribution in [1.82, 2.24) is 20.5 Å². The summed E-state index contributed by atoms with van der Waals surface area (Å²) < 4.78 is 0. The molecule has 1 aromatic heterocycles. The van der Waals surface area contributed by atoms with Crippen molar-refractivity contribution in [2.45, 2.75) is 70.5 Å². The van der Waals surface area contributed by atoms with Crippen LogP contribution in [0.4, 0.5) is 4.79 Å². The lowest BCUT2D eigenvalue weighted by molar-refractivity contribution is 0.140. The topological polar surface area (TPSA) is 77.2 Å². The van der Waals surface area contributed by atoms with E-state index < -0.39 is 0 Å². The van der Waals surface area contributed by atoms with Gasteiger partial charge < -0.3 is 15.6 Å². The van der Waals surface area contributed by atoms with E-state index in [1.165, 1.54) is 38.5 Å². The number of nitrogens with zero attached hydrogens (tertiary/aromatic N) is 1. The van der Waals surface area contributed by atoms with Gasteiger partial charge in [0.15, 0.2) is 0 Å². The van der Waals surface area contributed by atoms with Gasteiger partial charge in [0.25, 0.3) is 5.56 Å². The predicted octanol–water partition coefficient (Wildman–Crippen LogP) is 2.28. The zero-order chi connectivity index (χ0) is 17.6. The molecule has 3 rings (SSSR count). The van der Waals surface area contributed by atoms with Gasteiger partial charge >= 0.3 is 6.03 Å². The largest absolute Gasteiger partial charge is 0.337 e. The van der Waals surface area contributed by atoms with E-state index in [-0.39, 0.29) is 18.1 Å². The van der Waals surface area contributed by atoms with Crippen LogP contribution in [0.2, 0.25) is 0 Å². The molecule has 0 aromatic carbocycles. The Morgan fingerprint density at radius 2 is 2.00 bits per heavy atom. The highest BCUT2D eigenvalue weighted by atomic mass is 16.2. The molecule has 0 bridgehead atoms. The fourth-order valence-electron chi connectivity index (χ4n) is 4.20. The molecule has 1 saturated carbocycles. The molecule has 2 aliphatic rings. The van der Waals surface area contributed by atoms with Crippen molar-refractivity contribution >= 4 is 6.03 Å². The van der Waals surface area contributed by atoms with Gasteiger partial charge in [0.2, 0.25) is 0 Å². The minimum Gasteiger partial charge on any atom is -0.337 e. The summed E-state index contributed by atoms with van der Waals surface area (Å²) in [6, 6.07) is 2.77. The van der Waals surface area contributed by atoms with E-state index in [9.17, 15) is 9.59 Å². The molecular weight excluding hydrogens is 316 g/mol. The van der Waals surface area contributed by atoms with Crippen LogP contribution in [-0.4, -0.2) is 41.1 Å². The van der Waals surface area contributed by atoms with Crippen LogP contribution < -0.4 is 16.2 Å². The highest BCUT2D eigenvalue weighted by molar-refractivity contribution is 5.73. The number of H-pyrrole nitrogens is 1. The van der Waals surface area contributed by atoms with Crippen LogP contribution >= 0.6 is 0 Å². The molecule has 1 aliphatic heterocycles. The number of rotatable bonds is 5. The van der Waals surface area contributed by atoms with Crippen molar-refractivity contribution in [3.63, 3.8) is 0 Å². The summed E-state index contributed by atoms with van der Waals surface area (Å²) in [6.07, 6.45) is 10.7. The number of carbonyl (C=O) groups is 1. The summed E-state index contributed by atoms with van der Waals surface area (Å²) in [5.41, 5.74) is 1.41. The summed E-state index contributed by atoms with van der Waals surface area (Å²) in [4.78, 5) is 29.1. The van der Waals surface area contributed by atoms with Gasteiger partial charge in [-0.2, -0.15) is 0 Å². The zero-order valence-electron chi connectivity index (χ0n) is 15.1. The van der Waals surface area contributed by atoms with Gasteiger partial charge in [0.05, 0.1) is 0 Å². The Labute approximate surface area is 149 Å². The van der Waals surface area contributed by atoms with Gasteiger partial charge in [-0.3, -0.25) is 9.69 Å². The third-order valence-electron chi connectivity index (χ3n) is 5.53. The molecular formula is C19H30N4O2. The number of aromatic amines is 1. The van der Waals surface area contributed by atoms with Crippen LogP contribution in [0.3, 0.4) is 0 Å². The number of amides is 2. The summed E-state index contributed by atoms with van der Waals surface area (Å²) in [6.45, 7) is 4.02. The van der Waals surface area contributed by atoms with E-state index in [4.69, 9.17) is 0 Å². The van der Waals surface area contributed by atoms with Crippen molar-refractivity contribution in [3.05, 3.63) is 33.7 Å². The fourth-order valence-corrected chi connectivity index (χ4v) is 4.20. The van der Waals surface area contributed by atoms with Crippen molar-refractivity contribution in [3.8, 4) is 0 Å². The van der Waals surface area contributed by atoms with Crippen molar-refractivity contribution in [2.24, 2.45) is 0 Å². The number of hydrogen-bond donors (Lipinski definition) is 3. The third kappa shape index (κ3) is 4.84. The molecule has 1 aliphatic carbocycles. The second-order valence-electron chi connectivity index (χ2n) is 7.42. The minimum atomic E-state index is -0.198. The first kappa shape index (κ1) is 18.0. The lowest BCUT2D eigenvalue weighted by atomic mass is 9.94. The standard InChI is InChI=1S/C19H30N4O2/c1-14-10-15(18(24)20-11-14)12-21-19(25)22-13-17-8-5-9-23(17)16-6-3-2-4-7-16/h10-11,16-17H,2-9,12-13H2,1H3,(H,20,24)(H2,21,22,25). The molecule has 2 amide bonds. The number of urea groups is 1. The minimum absolute atomic E-state index is 0.148. The molecule has 138 valence electrons. The Morgan fingerprint density at radius 3 is 2.80 bits per heavy atom. The van der Waals surface area contributed by atoms with Crippen LogP contribution in [-0.2, 0) is 6.54 Å². The maximum Gasteiger partial charge on any atom is 0.315 e. The number of nitrogens with one attached hydrogen (secondary N) is 3. The van der Waals surface area contributed by atoms with Crippen LogP contribution in [0.5, 0.6) is 0 Å². The molecule has 2 fully saturated rings. The summed E-state index contributed by atoms with van der Waals surface area (Å²) >= 11 is 0. The lowest BCUT2D eigenvalue weighted by Gasteiger charge is -2.35. The second kappa shape index (κ2) is 8.52. The summed E-state index contributed by atoms with van der Waals surface area (Å²) in [7, 11) is 0. The average Bonchev–Trinajstić information content (AvgIpc) is 3.10. The van der Waals surface area contributed by atoms with Gasteiger partial charge in [0, 0.05) is 36.9 Å². The number of carbonyl (C=O) groups excluding carboxylic acids is 1. The molecule has 1 unspecified atom stereocenters. The van der Waals surface area contributed by atoms with Gasteiger partial charge in [0.1, 0.15) is 0 Å². The van der Waals surface area contributed by atoms with Crippen LogP contribution in [0.25, 0.3) is 0 Å². The number of pyridine rings is 1. The normalized spacial score (nSPS) is 22.0. The Bertz CT molecular complexity index is 637. The molecule has 2 heterocycles. The van der Waals surface area contributed by atoms with Crippen molar-refractivity contribution in [2.75, 3.05) is 13.1 Å². The molecule has 1 aromatic rings. The molecule has 0 spiro atoms. The molecule has 1 atom stereocenters. The summed E-state index contributed by atoms with van der Waals surface area (Å²) in [5.74, 6) is 0. The van der Waals surface area contributed by atoms with Gasteiger partial charge in [-0.1, -0.05) is 19.3 Å². The van der Waals surface area contributed by atoms with E-state index in [1.807, 2.05) is 6.92 Å².